The third-order valence-corrected chi connectivity index (χ3v) is 7.37. The maximum atomic E-state index is 13.2. The predicted octanol–water partition coefficient (Wildman–Crippen LogP) is 6.57. The number of nitrogens with zero attached hydrogens (tertiary/aromatic N) is 5. The normalized spacial score (nSPS) is 14.8. The summed E-state index contributed by atoms with van der Waals surface area (Å²) in [4.78, 5) is 24.9. The van der Waals surface area contributed by atoms with Gasteiger partial charge in [-0.15, -0.1) is 5.71 Å². The third kappa shape index (κ3) is 6.27. The molecule has 42 heavy (non-hydrogen) atoms. The predicted molar refractivity (Wildman–Crippen MR) is 155 cm³/mol. The number of aromatic carboxylic acids is 1. The van der Waals surface area contributed by atoms with Gasteiger partial charge in [-0.2, -0.15) is 18.2 Å². The molecule has 2 heterocycles. The van der Waals surface area contributed by atoms with E-state index in [1.165, 1.54) is 18.2 Å². The zero-order chi connectivity index (χ0) is 30.0. The molecule has 0 radical (unpaired) electrons. The second kappa shape index (κ2) is 11.6. The number of hydrogen-bond acceptors (Lipinski definition) is 6. The number of carboxylic acid groups (broad SMARTS) is 1. The maximum Gasteiger partial charge on any atom is 0.416 e. The SMILES string of the molecule is C/C(=C/C(=[N-])c1ccccc1)Nc1nc2nc(C(=O)O)nc(N[C@H](C)C3CCC3)c2n1Cc1ccc(C(F)(F)F)cc1. The molecule has 3 N–H and O–H groups in total. The summed E-state index contributed by atoms with van der Waals surface area (Å²) in [5, 5.41) is 26.8. The fourth-order valence-corrected chi connectivity index (χ4v) is 4.85. The number of alkyl halides is 3. The van der Waals surface area contributed by atoms with Crippen molar-refractivity contribution in [1.82, 2.24) is 19.5 Å². The molecule has 218 valence electrons. The lowest BCUT2D eigenvalue weighted by Crippen LogP contribution is -2.31. The zero-order valence-electron chi connectivity index (χ0n) is 23.0. The molecule has 12 heteroatoms. The second-order valence-electron chi connectivity index (χ2n) is 10.4. The number of halogens is 3. The second-order valence-corrected chi connectivity index (χ2v) is 10.4. The summed E-state index contributed by atoms with van der Waals surface area (Å²) >= 11 is 0. The Morgan fingerprint density at radius 2 is 1.81 bits per heavy atom. The van der Waals surface area contributed by atoms with E-state index in [-0.39, 0.29) is 35.7 Å². The molecular formula is C30H29F3N7O2-. The van der Waals surface area contributed by atoms with Gasteiger partial charge in [0.2, 0.25) is 11.8 Å². The molecule has 0 bridgehead atoms. The van der Waals surface area contributed by atoms with Crippen molar-refractivity contribution in [3.8, 4) is 0 Å². The third-order valence-electron chi connectivity index (χ3n) is 7.37. The molecule has 2 aromatic heterocycles. The highest BCUT2D eigenvalue weighted by atomic mass is 19.4. The first-order chi connectivity index (χ1) is 20.0. The summed E-state index contributed by atoms with van der Waals surface area (Å²) in [5.74, 6) is -0.838. The van der Waals surface area contributed by atoms with Crippen molar-refractivity contribution in [3.63, 3.8) is 0 Å². The average Bonchev–Trinajstić information content (AvgIpc) is 3.24. The lowest BCUT2D eigenvalue weighted by molar-refractivity contribution is -0.137. The van der Waals surface area contributed by atoms with Crippen LogP contribution in [-0.4, -0.2) is 42.3 Å². The number of hydrogen-bond donors (Lipinski definition) is 3. The van der Waals surface area contributed by atoms with Gasteiger partial charge in [0.1, 0.15) is 5.52 Å². The van der Waals surface area contributed by atoms with Crippen LogP contribution in [-0.2, 0) is 12.7 Å². The van der Waals surface area contributed by atoms with Crippen LogP contribution in [0.2, 0.25) is 0 Å². The summed E-state index contributed by atoms with van der Waals surface area (Å²) in [5.41, 5.74) is 1.40. The number of carbonyl (C=O) groups is 1. The summed E-state index contributed by atoms with van der Waals surface area (Å²) in [6.45, 7) is 3.80. The highest BCUT2D eigenvalue weighted by Gasteiger charge is 2.30. The Kier molecular flexibility index (Phi) is 7.97. The van der Waals surface area contributed by atoms with Gasteiger partial charge in [-0.25, -0.2) is 14.8 Å². The van der Waals surface area contributed by atoms with Gasteiger partial charge in [-0.3, -0.25) is 0 Å². The lowest BCUT2D eigenvalue weighted by Gasteiger charge is -2.32. The Balaban J connectivity index is 1.59. The zero-order valence-corrected chi connectivity index (χ0v) is 23.0. The Bertz CT molecular complexity index is 1640. The molecule has 0 amide bonds. The van der Waals surface area contributed by atoms with E-state index in [1.807, 2.05) is 13.0 Å². The molecule has 1 atom stereocenters. The van der Waals surface area contributed by atoms with Crippen molar-refractivity contribution in [2.75, 3.05) is 10.6 Å². The summed E-state index contributed by atoms with van der Waals surface area (Å²) in [6.07, 6.45) is 0.244. The molecular weight excluding hydrogens is 547 g/mol. The van der Waals surface area contributed by atoms with Gasteiger partial charge in [-0.1, -0.05) is 55.0 Å². The molecule has 0 saturated heterocycles. The standard InChI is InChI=1S/C30H29F3N7O2/c1-17(15-23(34)21-7-4-3-5-8-21)35-29-39-26-24(40(29)16-19-11-13-22(14-12-19)30(31,32)33)25(37-27(38-26)28(41)42)36-18(2)20-9-6-10-20/h3-5,7-8,11-15,18,20H,6,9-10,16H2,1-2H3,(H,41,42)(H2,35,36,37,38,39)/q-1/b17-15-/t18-/m1/s1. The molecule has 1 aliphatic rings. The molecule has 5 rings (SSSR count). The van der Waals surface area contributed by atoms with Crippen LogP contribution in [0.1, 0.15) is 60.4 Å². The van der Waals surface area contributed by atoms with E-state index in [9.17, 15) is 28.5 Å². The minimum Gasteiger partial charge on any atom is -0.803 e. The number of aromatic nitrogens is 4. The molecule has 0 spiro atoms. The van der Waals surface area contributed by atoms with Crippen LogP contribution in [0, 0.1) is 5.92 Å². The Hall–Kier alpha value is -4.74. The van der Waals surface area contributed by atoms with Crippen LogP contribution in [0.5, 0.6) is 0 Å². The summed E-state index contributed by atoms with van der Waals surface area (Å²) in [6, 6.07) is 13.7. The van der Waals surface area contributed by atoms with Crippen molar-refractivity contribution in [2.24, 2.45) is 5.92 Å². The van der Waals surface area contributed by atoms with Crippen LogP contribution in [0.4, 0.5) is 24.9 Å². The van der Waals surface area contributed by atoms with Gasteiger partial charge in [-0.05, 0) is 55.9 Å². The summed E-state index contributed by atoms with van der Waals surface area (Å²) < 4.78 is 41.3. The molecule has 0 unspecified atom stereocenters. The van der Waals surface area contributed by atoms with Crippen molar-refractivity contribution in [3.05, 3.63) is 94.3 Å². The van der Waals surface area contributed by atoms with Gasteiger partial charge in [0, 0.05) is 11.7 Å². The lowest BCUT2D eigenvalue weighted by atomic mass is 9.80. The minimum atomic E-state index is -4.47. The van der Waals surface area contributed by atoms with Crippen molar-refractivity contribution in [1.29, 1.82) is 0 Å². The van der Waals surface area contributed by atoms with E-state index in [1.54, 1.807) is 35.8 Å². The molecule has 0 aliphatic heterocycles. The van der Waals surface area contributed by atoms with E-state index in [2.05, 4.69) is 25.6 Å². The van der Waals surface area contributed by atoms with E-state index >= 15 is 0 Å². The maximum absolute atomic E-state index is 13.2. The fourth-order valence-electron chi connectivity index (χ4n) is 4.85. The molecule has 1 saturated carbocycles. The minimum absolute atomic E-state index is 0.00985. The number of allylic oxidation sites excluding steroid dienone is 2. The average molecular weight is 577 g/mol. The fraction of sp³-hybridized carbons (Fsp3) is 0.300. The number of carboxylic acids is 1. The Morgan fingerprint density at radius 1 is 1.12 bits per heavy atom. The van der Waals surface area contributed by atoms with Gasteiger partial charge < -0.3 is 25.7 Å². The number of nitrogens with one attached hydrogen (secondary N) is 2. The van der Waals surface area contributed by atoms with Crippen LogP contribution in [0.15, 0.2) is 66.4 Å². The number of anilines is 2. The monoisotopic (exact) mass is 576 g/mol. The van der Waals surface area contributed by atoms with Crippen molar-refractivity contribution < 1.29 is 23.1 Å². The number of fused-ring (bicyclic) bond motifs is 1. The number of imidazole rings is 1. The first-order valence-corrected chi connectivity index (χ1v) is 13.5. The molecule has 4 aromatic rings. The summed E-state index contributed by atoms with van der Waals surface area (Å²) in [7, 11) is 0. The Labute approximate surface area is 240 Å². The van der Waals surface area contributed by atoms with Gasteiger partial charge in [0.25, 0.3) is 0 Å². The van der Waals surface area contributed by atoms with Gasteiger partial charge >= 0.3 is 12.1 Å². The highest BCUT2D eigenvalue weighted by molar-refractivity contribution is 6.11. The van der Waals surface area contributed by atoms with Crippen LogP contribution in [0.3, 0.4) is 0 Å². The first kappa shape index (κ1) is 28.8. The Morgan fingerprint density at radius 3 is 2.40 bits per heavy atom. The number of benzene rings is 2. The van der Waals surface area contributed by atoms with Crippen LogP contribution < -0.4 is 10.6 Å². The number of rotatable bonds is 10. The van der Waals surface area contributed by atoms with E-state index in [4.69, 9.17) is 0 Å². The topological polar surface area (TPSA) is 127 Å². The molecule has 2 aromatic carbocycles. The first-order valence-electron chi connectivity index (χ1n) is 13.5. The highest BCUT2D eigenvalue weighted by Crippen LogP contribution is 2.34. The van der Waals surface area contributed by atoms with E-state index in [0.717, 1.165) is 31.4 Å². The molecule has 9 nitrogen and oxygen atoms in total. The van der Waals surface area contributed by atoms with Crippen molar-refractivity contribution in [2.45, 2.75) is 51.9 Å². The van der Waals surface area contributed by atoms with Crippen LogP contribution >= 0.6 is 0 Å². The molecule has 1 aliphatic carbocycles. The van der Waals surface area contributed by atoms with Crippen molar-refractivity contribution >= 4 is 34.6 Å². The van der Waals surface area contributed by atoms with E-state index < -0.39 is 23.5 Å². The largest absolute Gasteiger partial charge is 0.803 e. The van der Waals surface area contributed by atoms with Gasteiger partial charge in [0.15, 0.2) is 11.5 Å². The quantitative estimate of drug-likeness (QED) is 0.182. The van der Waals surface area contributed by atoms with Gasteiger partial charge in [0.05, 0.1) is 12.1 Å². The van der Waals surface area contributed by atoms with E-state index in [0.29, 0.717) is 28.3 Å². The van der Waals surface area contributed by atoms with Crippen LogP contribution in [0.25, 0.3) is 16.6 Å². The smallest absolute Gasteiger partial charge is 0.416 e. The molecule has 1 fully saturated rings.